The molecule has 1 amide bonds. The van der Waals surface area contributed by atoms with Crippen LogP contribution in [0.1, 0.15) is 39.6 Å². The van der Waals surface area contributed by atoms with Crippen LogP contribution < -0.4 is 4.74 Å². The first-order chi connectivity index (χ1) is 22.4. The van der Waals surface area contributed by atoms with Crippen molar-refractivity contribution in [1.29, 1.82) is 0 Å². The van der Waals surface area contributed by atoms with Gasteiger partial charge in [0.2, 0.25) is 5.91 Å². The second-order valence-corrected chi connectivity index (χ2v) is 12.7. The maximum absolute atomic E-state index is 14.1. The van der Waals surface area contributed by atoms with Crippen molar-refractivity contribution in [3.8, 4) is 5.75 Å². The molecule has 4 aromatic rings. The number of carbonyl (C=O) groups excluding carboxylic acids is 4. The highest BCUT2D eigenvalue weighted by Gasteiger charge is 2.57. The van der Waals surface area contributed by atoms with Gasteiger partial charge in [-0.25, -0.2) is 4.79 Å². The first kappa shape index (κ1) is 30.9. The van der Waals surface area contributed by atoms with E-state index >= 15 is 0 Å². The molecular formula is C37H31NO7S. The van der Waals surface area contributed by atoms with Crippen LogP contribution >= 0.6 is 0 Å². The number of Topliss-reactive ketones (excluding diaryl/α,β-unsaturated/α-hetero) is 1. The quantitative estimate of drug-likeness (QED) is 0.120. The van der Waals surface area contributed by atoms with Crippen LogP contribution in [0.25, 0.3) is 0 Å². The maximum atomic E-state index is 14.1. The number of β-lactam (4-membered cyclic amide) rings is 1. The largest absolute Gasteiger partial charge is 0.489 e. The molecule has 2 aliphatic heterocycles. The van der Waals surface area contributed by atoms with Crippen LogP contribution in [0.3, 0.4) is 0 Å². The fourth-order valence-electron chi connectivity index (χ4n) is 5.80. The first-order valence-corrected chi connectivity index (χ1v) is 16.3. The third-order valence-corrected chi connectivity index (χ3v) is 9.77. The summed E-state index contributed by atoms with van der Waals surface area (Å²) < 4.78 is 25.7. The van der Waals surface area contributed by atoms with Gasteiger partial charge in [0.15, 0.2) is 6.10 Å². The molecule has 0 saturated carbocycles. The van der Waals surface area contributed by atoms with Crippen LogP contribution in [0.2, 0.25) is 0 Å². The number of fused-ring (bicyclic) bond motifs is 1. The number of rotatable bonds is 12. The lowest BCUT2D eigenvalue weighted by molar-refractivity contribution is -0.157. The van der Waals surface area contributed by atoms with Crippen molar-refractivity contribution in [3.63, 3.8) is 0 Å². The van der Waals surface area contributed by atoms with E-state index in [-0.39, 0.29) is 36.7 Å². The van der Waals surface area contributed by atoms with Crippen molar-refractivity contribution in [2.75, 3.05) is 12.4 Å². The number of benzene rings is 4. The van der Waals surface area contributed by atoms with E-state index in [1.54, 1.807) is 24.3 Å². The molecule has 1 unspecified atom stereocenters. The second-order valence-electron chi connectivity index (χ2n) is 11.2. The molecule has 0 radical (unpaired) electrons. The molecule has 0 bridgehead atoms. The Morgan fingerprint density at radius 1 is 0.848 bits per heavy atom. The van der Waals surface area contributed by atoms with Crippen molar-refractivity contribution in [1.82, 2.24) is 4.90 Å². The minimum Gasteiger partial charge on any atom is -0.489 e. The highest BCUT2D eigenvalue weighted by Crippen LogP contribution is 2.42. The van der Waals surface area contributed by atoms with Crippen molar-refractivity contribution in [2.24, 2.45) is 5.92 Å². The summed E-state index contributed by atoms with van der Waals surface area (Å²) in [6.07, 6.45) is 0.0316. The van der Waals surface area contributed by atoms with E-state index in [1.807, 2.05) is 91.0 Å². The number of aldehydes is 1. The van der Waals surface area contributed by atoms with E-state index in [0.717, 1.165) is 23.0 Å². The summed E-state index contributed by atoms with van der Waals surface area (Å²) in [4.78, 5) is 53.1. The van der Waals surface area contributed by atoms with E-state index in [2.05, 4.69) is 0 Å². The topological polar surface area (TPSA) is 107 Å². The normalized spacial score (nSPS) is 18.8. The Morgan fingerprint density at radius 2 is 1.43 bits per heavy atom. The van der Waals surface area contributed by atoms with Gasteiger partial charge in [-0.1, -0.05) is 91.0 Å². The van der Waals surface area contributed by atoms with Gasteiger partial charge in [0.1, 0.15) is 35.5 Å². The SMILES string of the molecule is O=Cc1ccc(OCC2=C(C(=O)OC(c3ccccc3)c3ccccc3)N3C(=O)[C@@H](CC(=O)Cc4ccccc4)[C@H]3S(=O)C2)cc1. The molecule has 9 heteroatoms. The minimum atomic E-state index is -1.60. The van der Waals surface area contributed by atoms with Crippen molar-refractivity contribution < 1.29 is 32.9 Å². The summed E-state index contributed by atoms with van der Waals surface area (Å²) in [5, 5.41) is -0.836. The smallest absolute Gasteiger partial charge is 0.356 e. The van der Waals surface area contributed by atoms with Gasteiger partial charge in [-0.15, -0.1) is 0 Å². The Hall–Kier alpha value is -5.15. The summed E-state index contributed by atoms with van der Waals surface area (Å²) >= 11 is 0. The van der Waals surface area contributed by atoms with Crippen LogP contribution in [-0.4, -0.2) is 50.8 Å². The van der Waals surface area contributed by atoms with Gasteiger partial charge >= 0.3 is 5.97 Å². The molecule has 1 fully saturated rings. The first-order valence-electron chi connectivity index (χ1n) is 14.9. The molecule has 232 valence electrons. The van der Waals surface area contributed by atoms with E-state index in [0.29, 0.717) is 16.9 Å². The van der Waals surface area contributed by atoms with Gasteiger partial charge in [0.05, 0.1) is 11.7 Å². The number of ketones is 1. The van der Waals surface area contributed by atoms with Gasteiger partial charge in [-0.05, 0) is 41.0 Å². The Labute approximate surface area is 269 Å². The summed E-state index contributed by atoms with van der Waals surface area (Å²) in [6.45, 7) is -0.133. The molecule has 2 heterocycles. The number of esters is 1. The predicted molar refractivity (Wildman–Crippen MR) is 172 cm³/mol. The minimum absolute atomic E-state index is 0.0114. The molecule has 0 aliphatic carbocycles. The number of hydrogen-bond donors (Lipinski definition) is 0. The Kier molecular flexibility index (Phi) is 9.30. The van der Waals surface area contributed by atoms with Gasteiger partial charge in [-0.2, -0.15) is 0 Å². The van der Waals surface area contributed by atoms with Crippen molar-refractivity contribution >= 4 is 34.7 Å². The molecule has 0 aromatic heterocycles. The lowest BCUT2D eigenvalue weighted by atomic mass is 9.89. The zero-order chi connectivity index (χ0) is 32.0. The Balaban J connectivity index is 1.30. The van der Waals surface area contributed by atoms with Crippen LogP contribution in [-0.2, 0) is 36.3 Å². The molecule has 46 heavy (non-hydrogen) atoms. The van der Waals surface area contributed by atoms with Crippen LogP contribution in [0.15, 0.2) is 127 Å². The summed E-state index contributed by atoms with van der Waals surface area (Å²) in [7, 11) is -1.60. The maximum Gasteiger partial charge on any atom is 0.356 e. The van der Waals surface area contributed by atoms with Gasteiger partial charge in [0.25, 0.3) is 0 Å². The predicted octanol–water partition coefficient (Wildman–Crippen LogP) is 5.21. The monoisotopic (exact) mass is 633 g/mol. The van der Waals surface area contributed by atoms with Crippen LogP contribution in [0.5, 0.6) is 5.75 Å². The average Bonchev–Trinajstić information content (AvgIpc) is 3.09. The third-order valence-electron chi connectivity index (χ3n) is 8.06. The highest BCUT2D eigenvalue weighted by molar-refractivity contribution is 7.86. The number of ether oxygens (including phenoxy) is 2. The Bertz CT molecular complexity index is 1750. The summed E-state index contributed by atoms with van der Waals surface area (Å²) in [5.74, 6) is -1.75. The number of carbonyl (C=O) groups is 4. The molecule has 8 nitrogen and oxygen atoms in total. The average molecular weight is 634 g/mol. The van der Waals surface area contributed by atoms with Crippen molar-refractivity contribution in [2.45, 2.75) is 24.3 Å². The van der Waals surface area contributed by atoms with E-state index in [1.165, 1.54) is 4.90 Å². The zero-order valence-corrected chi connectivity index (χ0v) is 25.6. The zero-order valence-electron chi connectivity index (χ0n) is 24.8. The molecule has 6 rings (SSSR count). The lowest BCUT2D eigenvalue weighted by Gasteiger charge is -2.49. The number of hydrogen-bond acceptors (Lipinski definition) is 7. The third kappa shape index (κ3) is 6.60. The van der Waals surface area contributed by atoms with Gasteiger partial charge < -0.3 is 9.47 Å². The van der Waals surface area contributed by atoms with Crippen LogP contribution in [0.4, 0.5) is 0 Å². The van der Waals surface area contributed by atoms with E-state index in [4.69, 9.17) is 9.47 Å². The Morgan fingerprint density at radius 3 is 2.02 bits per heavy atom. The number of amides is 1. The molecule has 4 aromatic carbocycles. The van der Waals surface area contributed by atoms with Crippen LogP contribution in [0, 0.1) is 5.92 Å². The molecular weight excluding hydrogens is 602 g/mol. The summed E-state index contributed by atoms with van der Waals surface area (Å²) in [6, 6.07) is 34.2. The molecule has 0 spiro atoms. The standard InChI is InChI=1S/C37H31NO7S/c39-22-26-16-18-31(19-17-26)44-23-29-24-46(43)36-32(21-30(40)20-25-10-4-1-5-11-25)35(41)38(36)33(29)37(42)45-34(27-12-6-2-7-13-27)28-14-8-3-9-15-28/h1-19,22,32,34,36H,20-21,23-24H2/t32-,36-,46?/m1/s1. The molecule has 1 saturated heterocycles. The molecule has 2 aliphatic rings. The molecule has 0 N–H and O–H groups in total. The molecule has 3 atom stereocenters. The fraction of sp³-hybridized carbons (Fsp3) is 0.189. The van der Waals surface area contributed by atoms with Crippen molar-refractivity contribution in [3.05, 3.63) is 149 Å². The lowest BCUT2D eigenvalue weighted by Crippen LogP contribution is -2.66. The van der Waals surface area contributed by atoms with E-state index in [9.17, 15) is 23.4 Å². The fourth-order valence-corrected chi connectivity index (χ4v) is 7.56. The highest BCUT2D eigenvalue weighted by atomic mass is 32.2. The van der Waals surface area contributed by atoms with E-state index < -0.39 is 40.1 Å². The second kappa shape index (κ2) is 13.9. The number of nitrogens with zero attached hydrogens (tertiary/aromatic N) is 1. The van der Waals surface area contributed by atoms with Gasteiger partial charge in [-0.3, -0.25) is 23.5 Å². The summed E-state index contributed by atoms with van der Waals surface area (Å²) in [5.41, 5.74) is 3.13. The van der Waals surface area contributed by atoms with Gasteiger partial charge in [0, 0.05) is 34.8 Å².